The number of carbonyl (C=O) groups excluding carboxylic acids is 5. The van der Waals surface area contributed by atoms with Crippen molar-refractivity contribution in [3.05, 3.63) is 39.8 Å². The van der Waals surface area contributed by atoms with Gasteiger partial charge in [0.25, 0.3) is 11.8 Å². The summed E-state index contributed by atoms with van der Waals surface area (Å²) in [7, 11) is 0. The van der Waals surface area contributed by atoms with Crippen molar-refractivity contribution >= 4 is 35.2 Å². The Kier molecular flexibility index (Phi) is 5.89. The number of hydrogen-bond donors (Lipinski definition) is 2. The molecule has 5 amide bonds. The summed E-state index contributed by atoms with van der Waals surface area (Å²) in [5.74, 6) is -2.81. The Hall–Kier alpha value is -3.72. The molecule has 0 saturated carbocycles. The highest BCUT2D eigenvalue weighted by Crippen LogP contribution is 2.32. The van der Waals surface area contributed by atoms with Crippen LogP contribution in [0.5, 0.6) is 0 Å². The number of carbonyl (C=O) groups is 5. The second-order valence-corrected chi connectivity index (χ2v) is 6.64. The topological polar surface area (TPSA) is 161 Å². The average molecular weight is 398 g/mol. The smallest absolute Gasteiger partial charge is 0.264 e. The molecule has 11 heteroatoms. The van der Waals surface area contributed by atoms with Crippen LogP contribution in [-0.4, -0.2) is 47.0 Å². The Labute approximate surface area is 165 Å². The van der Waals surface area contributed by atoms with Crippen LogP contribution in [0.1, 0.15) is 52.8 Å². The zero-order chi connectivity index (χ0) is 21.0. The second kappa shape index (κ2) is 8.53. The Morgan fingerprint density at radius 3 is 2.76 bits per heavy atom. The van der Waals surface area contributed by atoms with Crippen molar-refractivity contribution in [2.45, 2.75) is 38.1 Å². The summed E-state index contributed by atoms with van der Waals surface area (Å²) >= 11 is 0. The first-order valence-corrected chi connectivity index (χ1v) is 9.09. The van der Waals surface area contributed by atoms with Crippen molar-refractivity contribution in [2.24, 2.45) is 5.11 Å². The summed E-state index contributed by atoms with van der Waals surface area (Å²) in [6.45, 7) is 0.290. The molecule has 2 aliphatic heterocycles. The van der Waals surface area contributed by atoms with Crippen LogP contribution in [0.2, 0.25) is 0 Å². The molecule has 1 atom stereocenters. The number of amides is 5. The minimum atomic E-state index is -1.07. The largest absolute Gasteiger partial charge is 0.325 e. The van der Waals surface area contributed by atoms with Crippen LogP contribution in [0.25, 0.3) is 10.4 Å². The SMILES string of the molecule is [N-]=[N+]=NCCCCC(=O)Nc1cccc2c1C(=O)N(C1CCC(=O)NC1=O)C2=O. The highest BCUT2D eigenvalue weighted by molar-refractivity contribution is 6.26. The standard InChI is InChI=1S/C18H18N6O5/c19-23-20-9-2-1-6-13(25)21-11-5-3-4-10-15(11)18(29)24(17(10)28)12-7-8-14(26)22-16(12)27/h3-5,12H,1-2,6-9H2,(H,21,25)(H,22,26,27). The van der Waals surface area contributed by atoms with Crippen molar-refractivity contribution < 1.29 is 24.0 Å². The van der Waals surface area contributed by atoms with Crippen molar-refractivity contribution in [1.82, 2.24) is 10.2 Å². The molecule has 1 saturated heterocycles. The maximum Gasteiger partial charge on any atom is 0.264 e. The molecule has 2 N–H and O–H groups in total. The number of rotatable bonds is 7. The van der Waals surface area contributed by atoms with E-state index < -0.39 is 29.7 Å². The van der Waals surface area contributed by atoms with Gasteiger partial charge in [0.15, 0.2) is 0 Å². The molecular weight excluding hydrogens is 380 g/mol. The predicted molar refractivity (Wildman–Crippen MR) is 99.6 cm³/mol. The van der Waals surface area contributed by atoms with Crippen LogP contribution in [0.3, 0.4) is 0 Å². The highest BCUT2D eigenvalue weighted by Gasteiger charge is 2.45. The third-order valence-corrected chi connectivity index (χ3v) is 4.72. The van der Waals surface area contributed by atoms with Gasteiger partial charge in [-0.05, 0) is 36.9 Å². The van der Waals surface area contributed by atoms with E-state index in [9.17, 15) is 24.0 Å². The third-order valence-electron chi connectivity index (χ3n) is 4.72. The number of fused-ring (bicyclic) bond motifs is 1. The summed E-state index contributed by atoms with van der Waals surface area (Å²) in [4.78, 5) is 64.8. The van der Waals surface area contributed by atoms with E-state index in [2.05, 4.69) is 20.7 Å². The zero-order valence-electron chi connectivity index (χ0n) is 15.4. The molecule has 1 unspecified atom stereocenters. The van der Waals surface area contributed by atoms with Gasteiger partial charge in [-0.15, -0.1) is 0 Å². The Balaban J connectivity index is 1.74. The number of unbranched alkanes of at least 4 members (excludes halogenated alkanes) is 1. The molecule has 0 aromatic heterocycles. The molecular formula is C18H18N6O5. The second-order valence-electron chi connectivity index (χ2n) is 6.64. The molecule has 3 rings (SSSR count). The van der Waals surface area contributed by atoms with E-state index in [1.807, 2.05) is 0 Å². The van der Waals surface area contributed by atoms with Gasteiger partial charge in [-0.1, -0.05) is 11.2 Å². The Bertz CT molecular complexity index is 952. The number of nitrogens with zero attached hydrogens (tertiary/aromatic N) is 4. The summed E-state index contributed by atoms with van der Waals surface area (Å²) < 4.78 is 0. The van der Waals surface area contributed by atoms with E-state index in [4.69, 9.17) is 5.53 Å². The van der Waals surface area contributed by atoms with Crippen molar-refractivity contribution in [1.29, 1.82) is 0 Å². The van der Waals surface area contributed by atoms with Gasteiger partial charge in [-0.25, -0.2) is 0 Å². The highest BCUT2D eigenvalue weighted by atomic mass is 16.2. The zero-order valence-corrected chi connectivity index (χ0v) is 15.4. The first-order valence-electron chi connectivity index (χ1n) is 9.09. The van der Waals surface area contributed by atoms with Crippen molar-refractivity contribution in [2.75, 3.05) is 11.9 Å². The molecule has 150 valence electrons. The summed E-state index contributed by atoms with van der Waals surface area (Å²) in [6, 6.07) is 3.44. The molecule has 29 heavy (non-hydrogen) atoms. The minimum Gasteiger partial charge on any atom is -0.325 e. The Morgan fingerprint density at radius 1 is 1.24 bits per heavy atom. The number of anilines is 1. The van der Waals surface area contributed by atoms with Crippen LogP contribution >= 0.6 is 0 Å². The van der Waals surface area contributed by atoms with E-state index in [-0.39, 0.29) is 42.0 Å². The lowest BCUT2D eigenvalue weighted by atomic mass is 10.0. The first-order chi connectivity index (χ1) is 13.9. The van der Waals surface area contributed by atoms with E-state index in [1.165, 1.54) is 18.2 Å². The summed E-state index contributed by atoms with van der Waals surface area (Å²) in [5.41, 5.74) is 8.54. The minimum absolute atomic E-state index is 0.0310. The van der Waals surface area contributed by atoms with Gasteiger partial charge in [-0.2, -0.15) is 0 Å². The van der Waals surface area contributed by atoms with Gasteiger partial charge < -0.3 is 5.32 Å². The van der Waals surface area contributed by atoms with Gasteiger partial charge >= 0.3 is 0 Å². The number of hydrogen-bond acceptors (Lipinski definition) is 6. The fourth-order valence-electron chi connectivity index (χ4n) is 3.34. The number of imide groups is 2. The fraction of sp³-hybridized carbons (Fsp3) is 0.389. The van der Waals surface area contributed by atoms with Crippen molar-refractivity contribution in [3.63, 3.8) is 0 Å². The van der Waals surface area contributed by atoms with Crippen LogP contribution < -0.4 is 10.6 Å². The summed E-state index contributed by atoms with van der Waals surface area (Å²) in [5, 5.41) is 8.15. The molecule has 2 heterocycles. The lowest BCUT2D eigenvalue weighted by molar-refractivity contribution is -0.136. The lowest BCUT2D eigenvalue weighted by Gasteiger charge is -2.27. The molecule has 1 fully saturated rings. The monoisotopic (exact) mass is 398 g/mol. The van der Waals surface area contributed by atoms with Crippen LogP contribution in [-0.2, 0) is 14.4 Å². The lowest BCUT2D eigenvalue weighted by Crippen LogP contribution is -2.54. The molecule has 1 aromatic carbocycles. The maximum atomic E-state index is 12.9. The average Bonchev–Trinajstić information content (AvgIpc) is 2.93. The normalized spacial score (nSPS) is 18.2. The van der Waals surface area contributed by atoms with E-state index in [0.717, 1.165) is 4.90 Å². The Morgan fingerprint density at radius 2 is 2.03 bits per heavy atom. The maximum absolute atomic E-state index is 12.9. The van der Waals surface area contributed by atoms with E-state index in [0.29, 0.717) is 19.4 Å². The molecule has 11 nitrogen and oxygen atoms in total. The van der Waals surface area contributed by atoms with Gasteiger partial charge in [0.05, 0.1) is 16.8 Å². The molecule has 2 aliphatic rings. The number of azide groups is 1. The molecule has 0 radical (unpaired) electrons. The van der Waals surface area contributed by atoms with E-state index in [1.54, 1.807) is 0 Å². The van der Waals surface area contributed by atoms with Crippen molar-refractivity contribution in [3.8, 4) is 0 Å². The van der Waals surface area contributed by atoms with Gasteiger partial charge in [-0.3, -0.25) is 34.2 Å². The van der Waals surface area contributed by atoms with Crippen LogP contribution in [0, 0.1) is 0 Å². The summed E-state index contributed by atoms with van der Waals surface area (Å²) in [6.07, 6.45) is 1.29. The van der Waals surface area contributed by atoms with Gasteiger partial charge in [0, 0.05) is 24.3 Å². The predicted octanol–water partition coefficient (Wildman–Crippen LogP) is 1.51. The molecule has 1 aromatic rings. The number of piperidine rings is 1. The fourth-order valence-corrected chi connectivity index (χ4v) is 3.34. The van der Waals surface area contributed by atoms with Gasteiger partial charge in [0.1, 0.15) is 6.04 Å². The molecule has 0 spiro atoms. The quantitative estimate of drug-likeness (QED) is 0.233. The van der Waals surface area contributed by atoms with Gasteiger partial charge in [0.2, 0.25) is 17.7 Å². The molecule has 0 aliphatic carbocycles. The molecule has 0 bridgehead atoms. The number of nitrogens with one attached hydrogen (secondary N) is 2. The first kappa shape index (κ1) is 20.0. The van der Waals surface area contributed by atoms with E-state index >= 15 is 0 Å². The number of benzene rings is 1. The third kappa shape index (κ3) is 4.09. The van der Waals surface area contributed by atoms with Crippen LogP contribution in [0.15, 0.2) is 23.3 Å². The van der Waals surface area contributed by atoms with Crippen LogP contribution in [0.4, 0.5) is 5.69 Å².